The van der Waals surface area contributed by atoms with Gasteiger partial charge < -0.3 is 5.73 Å². The fourth-order valence-corrected chi connectivity index (χ4v) is 1.13. The smallest absolute Gasteiger partial charge is 0.00388 e. The molecule has 0 bridgehead atoms. The Hall–Kier alpha value is 0.830. The van der Waals surface area contributed by atoms with E-state index in [0.29, 0.717) is 6.04 Å². The topological polar surface area (TPSA) is 26.0 Å². The van der Waals surface area contributed by atoms with E-state index in [2.05, 4.69) is 0 Å². The maximum Gasteiger partial charge on any atom is 0.00388 e. The Morgan fingerprint density at radius 1 is 0.800 bits per heavy atom. The van der Waals surface area contributed by atoms with Crippen LogP contribution in [0.4, 0.5) is 0 Å². The molecule has 66 valence electrons. The third-order valence-electron chi connectivity index (χ3n) is 1.65. The third-order valence-corrected chi connectivity index (χ3v) is 1.65. The highest BCUT2D eigenvalue weighted by Gasteiger charge is 2.06. The molecule has 10 heavy (non-hydrogen) atoms. The van der Waals surface area contributed by atoms with Crippen molar-refractivity contribution in [2.24, 2.45) is 5.73 Å². The zero-order valence-corrected chi connectivity index (χ0v) is 8.36. The van der Waals surface area contributed by atoms with Crippen LogP contribution in [-0.4, -0.2) is 6.04 Å². The highest BCUT2D eigenvalue weighted by Crippen LogP contribution is 2.14. The summed E-state index contributed by atoms with van der Waals surface area (Å²) >= 11 is 0. The largest absolute Gasteiger partial charge is 0.328 e. The maximum absolute atomic E-state index is 5.63. The highest BCUT2D eigenvalue weighted by molar-refractivity contribution is 5.86. The average molecular weight is 209 g/mol. The molecule has 0 atom stereocenters. The summed E-state index contributed by atoms with van der Waals surface area (Å²) in [6.07, 6.45) is 6.66. The first-order valence-corrected chi connectivity index (χ1v) is 3.15. The summed E-state index contributed by atoms with van der Waals surface area (Å²) in [5, 5.41) is 0. The fourth-order valence-electron chi connectivity index (χ4n) is 1.13. The minimum Gasteiger partial charge on any atom is -0.328 e. The molecular weight excluding hydrogens is 192 g/mol. The van der Waals surface area contributed by atoms with Crippen LogP contribution in [0.1, 0.15) is 32.1 Å². The lowest BCUT2D eigenvalue weighted by Gasteiger charge is -2.15. The highest BCUT2D eigenvalue weighted by atomic mass is 35.5. The van der Waals surface area contributed by atoms with Gasteiger partial charge in [-0.25, -0.2) is 0 Å². The maximum atomic E-state index is 5.63. The molecular formula is C6H16Cl3N. The molecule has 0 spiro atoms. The Morgan fingerprint density at radius 3 is 1.40 bits per heavy atom. The molecule has 1 saturated carbocycles. The van der Waals surface area contributed by atoms with Gasteiger partial charge in [0, 0.05) is 6.04 Å². The van der Waals surface area contributed by atoms with E-state index in [-0.39, 0.29) is 37.2 Å². The summed E-state index contributed by atoms with van der Waals surface area (Å²) in [4.78, 5) is 0. The van der Waals surface area contributed by atoms with Gasteiger partial charge in [-0.05, 0) is 12.8 Å². The minimum atomic E-state index is 0. The molecule has 1 nitrogen and oxygen atoms in total. The summed E-state index contributed by atoms with van der Waals surface area (Å²) in [5.74, 6) is 0. The summed E-state index contributed by atoms with van der Waals surface area (Å²) in [6.45, 7) is 0. The van der Waals surface area contributed by atoms with Crippen molar-refractivity contribution < 1.29 is 0 Å². The fraction of sp³-hybridized carbons (Fsp3) is 1.00. The van der Waals surface area contributed by atoms with Gasteiger partial charge in [0.1, 0.15) is 0 Å². The quantitative estimate of drug-likeness (QED) is 0.651. The first-order chi connectivity index (χ1) is 3.39. The van der Waals surface area contributed by atoms with E-state index in [1.807, 2.05) is 0 Å². The van der Waals surface area contributed by atoms with Crippen LogP contribution in [0.2, 0.25) is 0 Å². The second-order valence-corrected chi connectivity index (χ2v) is 2.40. The van der Waals surface area contributed by atoms with Crippen LogP contribution in [-0.2, 0) is 0 Å². The van der Waals surface area contributed by atoms with Crippen molar-refractivity contribution in [3.05, 3.63) is 0 Å². The van der Waals surface area contributed by atoms with E-state index in [4.69, 9.17) is 5.73 Å². The molecule has 0 aromatic rings. The molecule has 1 rings (SSSR count). The second-order valence-electron chi connectivity index (χ2n) is 2.40. The Balaban J connectivity index is -0.000000163. The van der Waals surface area contributed by atoms with Crippen LogP contribution in [0.15, 0.2) is 0 Å². The number of nitrogens with two attached hydrogens (primary N) is 1. The summed E-state index contributed by atoms with van der Waals surface area (Å²) in [6, 6.07) is 0.536. The summed E-state index contributed by atoms with van der Waals surface area (Å²) < 4.78 is 0. The molecule has 0 radical (unpaired) electrons. The van der Waals surface area contributed by atoms with Gasteiger partial charge in [-0.15, -0.1) is 37.2 Å². The predicted octanol–water partition coefficient (Wildman–Crippen LogP) is 2.54. The lowest BCUT2D eigenvalue weighted by Crippen LogP contribution is -2.22. The SMILES string of the molecule is Cl.Cl.Cl.NC1CCCCC1. The van der Waals surface area contributed by atoms with Crippen LogP contribution in [0.3, 0.4) is 0 Å². The van der Waals surface area contributed by atoms with Gasteiger partial charge in [0.05, 0.1) is 0 Å². The molecule has 1 aliphatic carbocycles. The average Bonchev–Trinajstić information content (AvgIpc) is 1.69. The normalized spacial score (nSPS) is 17.7. The monoisotopic (exact) mass is 207 g/mol. The van der Waals surface area contributed by atoms with Crippen molar-refractivity contribution in [1.82, 2.24) is 0 Å². The third kappa shape index (κ3) is 6.94. The summed E-state index contributed by atoms with van der Waals surface area (Å²) in [5.41, 5.74) is 5.63. The van der Waals surface area contributed by atoms with Crippen LogP contribution >= 0.6 is 37.2 Å². The van der Waals surface area contributed by atoms with Gasteiger partial charge in [-0.2, -0.15) is 0 Å². The van der Waals surface area contributed by atoms with E-state index in [0.717, 1.165) is 0 Å². The van der Waals surface area contributed by atoms with E-state index in [1.165, 1.54) is 32.1 Å². The van der Waals surface area contributed by atoms with Crippen LogP contribution < -0.4 is 5.73 Å². The number of rotatable bonds is 0. The van der Waals surface area contributed by atoms with E-state index >= 15 is 0 Å². The zero-order chi connectivity index (χ0) is 5.11. The van der Waals surface area contributed by atoms with Crippen LogP contribution in [0.5, 0.6) is 0 Å². The van der Waals surface area contributed by atoms with Crippen molar-refractivity contribution in [2.45, 2.75) is 38.1 Å². The molecule has 0 saturated heterocycles. The molecule has 0 aromatic heterocycles. The second kappa shape index (κ2) is 9.83. The van der Waals surface area contributed by atoms with Gasteiger partial charge in [-0.3, -0.25) is 0 Å². The van der Waals surface area contributed by atoms with Gasteiger partial charge in [0.2, 0.25) is 0 Å². The first kappa shape index (κ1) is 17.1. The van der Waals surface area contributed by atoms with Crippen LogP contribution in [0.25, 0.3) is 0 Å². The molecule has 0 amide bonds. The lowest BCUT2D eigenvalue weighted by molar-refractivity contribution is 0.441. The van der Waals surface area contributed by atoms with E-state index < -0.39 is 0 Å². The molecule has 4 heteroatoms. The van der Waals surface area contributed by atoms with Gasteiger partial charge in [-0.1, -0.05) is 19.3 Å². The minimum absolute atomic E-state index is 0. The molecule has 0 unspecified atom stereocenters. The van der Waals surface area contributed by atoms with Crippen molar-refractivity contribution in [3.8, 4) is 0 Å². The first-order valence-electron chi connectivity index (χ1n) is 3.15. The number of halogens is 3. The van der Waals surface area contributed by atoms with Gasteiger partial charge in [0.25, 0.3) is 0 Å². The Bertz CT molecular complexity index is 55.0. The molecule has 0 heterocycles. The Kier molecular flexibility index (Phi) is 16.8. The molecule has 0 aromatic carbocycles. The van der Waals surface area contributed by atoms with Gasteiger partial charge >= 0.3 is 0 Å². The number of hydrogen-bond acceptors (Lipinski definition) is 1. The van der Waals surface area contributed by atoms with Crippen molar-refractivity contribution in [3.63, 3.8) is 0 Å². The predicted molar refractivity (Wildman–Crippen MR) is 52.8 cm³/mol. The van der Waals surface area contributed by atoms with Gasteiger partial charge in [0.15, 0.2) is 0 Å². The molecule has 1 fully saturated rings. The summed E-state index contributed by atoms with van der Waals surface area (Å²) in [7, 11) is 0. The lowest BCUT2D eigenvalue weighted by atomic mass is 9.97. The van der Waals surface area contributed by atoms with Crippen LogP contribution in [0, 0.1) is 0 Å². The molecule has 0 aliphatic heterocycles. The standard InChI is InChI=1S/C6H13N.3ClH/c7-6-4-2-1-3-5-6;;;/h6H,1-5,7H2;3*1H. The van der Waals surface area contributed by atoms with E-state index in [9.17, 15) is 0 Å². The van der Waals surface area contributed by atoms with Crippen molar-refractivity contribution in [1.29, 1.82) is 0 Å². The number of hydrogen-bond donors (Lipinski definition) is 1. The van der Waals surface area contributed by atoms with E-state index in [1.54, 1.807) is 0 Å². The van der Waals surface area contributed by atoms with Crippen molar-refractivity contribution >= 4 is 37.2 Å². The molecule has 1 aliphatic rings. The zero-order valence-electron chi connectivity index (χ0n) is 5.91. The molecule has 2 N–H and O–H groups in total. The Morgan fingerprint density at radius 2 is 1.20 bits per heavy atom. The van der Waals surface area contributed by atoms with Crippen molar-refractivity contribution in [2.75, 3.05) is 0 Å². The Labute approximate surface area is 81.4 Å².